The van der Waals surface area contributed by atoms with Crippen molar-refractivity contribution in [3.63, 3.8) is 0 Å². The molecule has 9 nitrogen and oxygen atoms in total. The van der Waals surface area contributed by atoms with Gasteiger partial charge in [0.05, 0.1) is 12.2 Å². The van der Waals surface area contributed by atoms with Crippen molar-refractivity contribution in [2.75, 3.05) is 18.9 Å². The van der Waals surface area contributed by atoms with Gasteiger partial charge in [-0.05, 0) is 67.3 Å². The Morgan fingerprint density at radius 3 is 2.52 bits per heavy atom. The smallest absolute Gasteiger partial charge is 0.414 e. The van der Waals surface area contributed by atoms with Crippen molar-refractivity contribution in [2.45, 2.75) is 30.2 Å². The van der Waals surface area contributed by atoms with E-state index in [0.717, 1.165) is 18.2 Å². The van der Waals surface area contributed by atoms with Crippen LogP contribution in [0.15, 0.2) is 52.9 Å². The highest BCUT2D eigenvalue weighted by molar-refractivity contribution is 5.97. The van der Waals surface area contributed by atoms with E-state index in [-0.39, 0.29) is 40.8 Å². The number of benzene rings is 2. The molecule has 2 atom stereocenters. The van der Waals surface area contributed by atoms with Gasteiger partial charge in [0.15, 0.2) is 16.9 Å². The molecule has 13 heteroatoms. The quantitative estimate of drug-likeness (QED) is 0.262. The first-order valence-corrected chi connectivity index (χ1v) is 12.4. The second-order valence-corrected chi connectivity index (χ2v) is 10.1. The second kappa shape index (κ2) is 8.89. The topological polar surface area (TPSA) is 150 Å². The van der Waals surface area contributed by atoms with E-state index in [1.165, 1.54) is 24.3 Å². The molecule has 0 radical (unpaired) electrons. The van der Waals surface area contributed by atoms with Gasteiger partial charge in [-0.3, -0.25) is 4.79 Å². The van der Waals surface area contributed by atoms with Crippen LogP contribution in [0.25, 0.3) is 22.4 Å². The van der Waals surface area contributed by atoms with E-state index in [4.69, 9.17) is 20.6 Å². The Morgan fingerprint density at radius 2 is 1.85 bits per heavy atom. The number of pyridine rings is 1. The molecular weight excluding hydrogens is 534 g/mol. The number of nitrogen functional groups attached to an aromatic ring is 1. The minimum absolute atomic E-state index is 0.0252. The zero-order valence-electron chi connectivity index (χ0n) is 20.8. The number of aromatic nitrogens is 2. The van der Waals surface area contributed by atoms with Crippen LogP contribution >= 0.6 is 0 Å². The highest BCUT2D eigenvalue weighted by Gasteiger charge is 2.59. The van der Waals surface area contributed by atoms with Gasteiger partial charge in [-0.1, -0.05) is 0 Å². The number of hydrogen-bond donors (Lipinski definition) is 4. The van der Waals surface area contributed by atoms with Crippen LogP contribution in [-0.4, -0.2) is 40.3 Å². The first-order valence-electron chi connectivity index (χ1n) is 12.4. The number of hydrogen-bond acceptors (Lipinski definition) is 8. The summed E-state index contributed by atoms with van der Waals surface area (Å²) in [6.45, 7) is -1.25. The van der Waals surface area contributed by atoms with Crippen LogP contribution in [-0.2, 0) is 11.1 Å². The Kier molecular flexibility index (Phi) is 5.78. The lowest BCUT2D eigenvalue weighted by Crippen LogP contribution is -2.52. The molecule has 1 saturated carbocycles. The maximum Gasteiger partial charge on any atom is 0.414 e. The standard InChI is InChI=1S/C27H23F4N5O4/c28-16-6-1-13(2-7-16)21-22-17(26(33,12-39-22)27(29,30)31)10-20(36-21)25(38,15-4-5-15)11-34-23(37)14-3-8-18-19(9-14)40-24(32)35-18/h1-3,6-10,15,38H,4-5,11-12,33H2,(H2,32,35)(H,34,37)/t25-,26+/m1/s1. The molecule has 0 unspecified atom stereocenters. The number of fused-ring (bicyclic) bond motifs is 2. The van der Waals surface area contributed by atoms with Crippen LogP contribution in [0.3, 0.4) is 0 Å². The van der Waals surface area contributed by atoms with Crippen LogP contribution in [0.1, 0.15) is 34.5 Å². The Bertz CT molecular complexity index is 1640. The molecule has 2 aromatic carbocycles. The monoisotopic (exact) mass is 557 g/mol. The number of oxazole rings is 1. The summed E-state index contributed by atoms with van der Waals surface area (Å²) in [5.41, 5.74) is 7.39. The fourth-order valence-electron chi connectivity index (χ4n) is 4.94. The molecular formula is C27H23F4N5O4. The van der Waals surface area contributed by atoms with E-state index >= 15 is 0 Å². The second-order valence-electron chi connectivity index (χ2n) is 10.1. The number of alkyl halides is 3. The average Bonchev–Trinajstić information content (AvgIpc) is 3.62. The minimum atomic E-state index is -4.88. The Balaban J connectivity index is 1.40. The van der Waals surface area contributed by atoms with Gasteiger partial charge < -0.3 is 31.0 Å². The maximum atomic E-state index is 14.1. The van der Waals surface area contributed by atoms with Crippen molar-refractivity contribution in [1.29, 1.82) is 0 Å². The van der Waals surface area contributed by atoms with Gasteiger partial charge in [-0.15, -0.1) is 0 Å². The Hall–Kier alpha value is -4.23. The van der Waals surface area contributed by atoms with Crippen molar-refractivity contribution in [1.82, 2.24) is 15.3 Å². The molecule has 1 amide bonds. The molecule has 0 bridgehead atoms. The number of amides is 1. The summed E-state index contributed by atoms with van der Waals surface area (Å²) in [4.78, 5) is 21.5. The van der Waals surface area contributed by atoms with Crippen molar-refractivity contribution in [2.24, 2.45) is 11.7 Å². The number of halogens is 4. The number of rotatable bonds is 6. The lowest BCUT2D eigenvalue weighted by atomic mass is 9.86. The summed E-state index contributed by atoms with van der Waals surface area (Å²) >= 11 is 0. The molecule has 1 aliphatic carbocycles. The van der Waals surface area contributed by atoms with Crippen LogP contribution < -0.4 is 21.5 Å². The molecule has 1 aliphatic heterocycles. The van der Waals surface area contributed by atoms with Crippen molar-refractivity contribution in [3.05, 3.63) is 71.2 Å². The van der Waals surface area contributed by atoms with Gasteiger partial charge in [0, 0.05) is 16.7 Å². The van der Waals surface area contributed by atoms with Gasteiger partial charge in [-0.2, -0.15) is 18.2 Å². The van der Waals surface area contributed by atoms with Gasteiger partial charge in [0.1, 0.15) is 29.2 Å². The van der Waals surface area contributed by atoms with Crippen LogP contribution in [0, 0.1) is 11.7 Å². The van der Waals surface area contributed by atoms with E-state index in [0.29, 0.717) is 23.9 Å². The summed E-state index contributed by atoms with van der Waals surface area (Å²) in [7, 11) is 0. The zero-order valence-corrected chi connectivity index (χ0v) is 20.8. The van der Waals surface area contributed by atoms with E-state index < -0.39 is 47.1 Å². The number of nitrogens with zero attached hydrogens (tertiary/aromatic N) is 2. The fraction of sp³-hybridized carbons (Fsp3) is 0.296. The molecule has 40 heavy (non-hydrogen) atoms. The van der Waals surface area contributed by atoms with Crippen LogP contribution in [0.2, 0.25) is 0 Å². The molecule has 6 rings (SSSR count). The summed E-state index contributed by atoms with van der Waals surface area (Å²) in [6.07, 6.45) is -3.76. The summed E-state index contributed by atoms with van der Waals surface area (Å²) < 4.78 is 66.8. The summed E-state index contributed by atoms with van der Waals surface area (Å²) in [5.74, 6) is -1.71. The summed E-state index contributed by atoms with van der Waals surface area (Å²) in [6, 6.07) is 10.5. The molecule has 1 fully saturated rings. The molecule has 3 heterocycles. The molecule has 208 valence electrons. The van der Waals surface area contributed by atoms with Crippen LogP contribution in [0.5, 0.6) is 5.75 Å². The van der Waals surface area contributed by atoms with Gasteiger partial charge in [-0.25, -0.2) is 9.37 Å². The van der Waals surface area contributed by atoms with E-state index in [2.05, 4.69) is 15.3 Å². The van der Waals surface area contributed by atoms with Gasteiger partial charge in [0.25, 0.3) is 11.9 Å². The van der Waals surface area contributed by atoms with Gasteiger partial charge in [0.2, 0.25) is 0 Å². The largest absolute Gasteiger partial charge is 0.488 e. The molecule has 2 aliphatic rings. The predicted octanol–water partition coefficient (Wildman–Crippen LogP) is 3.75. The van der Waals surface area contributed by atoms with Crippen LogP contribution in [0.4, 0.5) is 23.6 Å². The summed E-state index contributed by atoms with van der Waals surface area (Å²) in [5, 5.41) is 14.5. The number of carbonyl (C=O) groups excluding carboxylic acids is 1. The number of nitrogens with two attached hydrogens (primary N) is 2. The van der Waals surface area contributed by atoms with Gasteiger partial charge >= 0.3 is 6.18 Å². The van der Waals surface area contributed by atoms with E-state index in [1.54, 1.807) is 6.07 Å². The zero-order chi connectivity index (χ0) is 28.4. The van der Waals surface area contributed by atoms with Crippen molar-refractivity contribution in [3.8, 4) is 17.0 Å². The number of anilines is 1. The third kappa shape index (κ3) is 4.21. The molecule has 0 spiro atoms. The number of nitrogens with one attached hydrogen (secondary N) is 1. The average molecular weight is 558 g/mol. The number of ether oxygens (including phenoxy) is 1. The highest BCUT2D eigenvalue weighted by Crippen LogP contribution is 2.52. The highest BCUT2D eigenvalue weighted by atomic mass is 19.4. The number of aliphatic hydroxyl groups is 1. The fourth-order valence-corrected chi connectivity index (χ4v) is 4.94. The first-order chi connectivity index (χ1) is 18.9. The molecule has 0 saturated heterocycles. The number of carbonyl (C=O) groups is 1. The molecule has 2 aromatic heterocycles. The third-order valence-corrected chi connectivity index (χ3v) is 7.40. The lowest BCUT2D eigenvalue weighted by molar-refractivity contribution is -0.191. The molecule has 6 N–H and O–H groups in total. The van der Waals surface area contributed by atoms with E-state index in [1.807, 2.05) is 0 Å². The molecule has 4 aromatic rings. The first kappa shape index (κ1) is 26.0. The Morgan fingerprint density at radius 1 is 1.12 bits per heavy atom. The maximum absolute atomic E-state index is 14.1. The minimum Gasteiger partial charge on any atom is -0.488 e. The van der Waals surface area contributed by atoms with E-state index in [9.17, 15) is 27.5 Å². The SMILES string of the molecule is Nc1nc2ccc(C(=O)NC[C@](O)(c3cc4c(c(-c5ccc(F)cc5)n3)OC[C@@]4(N)C(F)(F)F)C3CC3)cc2o1. The third-order valence-electron chi connectivity index (χ3n) is 7.40. The Labute approximate surface area is 224 Å². The predicted molar refractivity (Wildman–Crippen MR) is 134 cm³/mol. The van der Waals surface area contributed by atoms with Crippen molar-refractivity contribution >= 4 is 23.0 Å². The lowest BCUT2D eigenvalue weighted by Gasteiger charge is -2.31. The van der Waals surface area contributed by atoms with Crippen molar-refractivity contribution < 1.29 is 36.6 Å². The normalized spacial score (nSPS) is 20.1.